The number of hydrogen-bond acceptors (Lipinski definition) is 5. The van der Waals surface area contributed by atoms with Gasteiger partial charge in [-0.15, -0.1) is 11.3 Å². The molecule has 0 bridgehead atoms. The second-order valence-electron chi connectivity index (χ2n) is 2.60. The van der Waals surface area contributed by atoms with Gasteiger partial charge in [-0.25, -0.2) is 13.4 Å². The molecule has 0 aliphatic carbocycles. The molecular formula is C7H10N2O3S2. The van der Waals surface area contributed by atoms with Crippen molar-refractivity contribution in [2.24, 2.45) is 0 Å². The average molecular weight is 234 g/mol. The summed E-state index contributed by atoms with van der Waals surface area (Å²) in [5.74, 6) is -0.190. The van der Waals surface area contributed by atoms with Gasteiger partial charge in [-0.3, -0.25) is 9.52 Å². The molecule has 0 saturated heterocycles. The fourth-order valence-corrected chi connectivity index (χ4v) is 2.31. The third-order valence-electron chi connectivity index (χ3n) is 1.49. The van der Waals surface area contributed by atoms with Crippen molar-refractivity contribution in [3.05, 3.63) is 11.1 Å². The first-order valence-corrected chi connectivity index (χ1v) is 6.44. The van der Waals surface area contributed by atoms with E-state index in [2.05, 4.69) is 9.71 Å². The van der Waals surface area contributed by atoms with E-state index in [4.69, 9.17) is 0 Å². The van der Waals surface area contributed by atoms with Crippen molar-refractivity contribution in [3.8, 4) is 0 Å². The summed E-state index contributed by atoms with van der Waals surface area (Å²) < 4.78 is 24.5. The molecule has 5 nitrogen and oxygen atoms in total. The molecule has 0 radical (unpaired) electrons. The normalized spacial score (nSPS) is 11.3. The lowest BCUT2D eigenvalue weighted by Crippen LogP contribution is -2.14. The molecule has 0 amide bonds. The van der Waals surface area contributed by atoms with Crippen LogP contribution in [0.4, 0.5) is 5.13 Å². The molecule has 78 valence electrons. The van der Waals surface area contributed by atoms with E-state index >= 15 is 0 Å². The fraction of sp³-hybridized carbons (Fsp3) is 0.429. The summed E-state index contributed by atoms with van der Waals surface area (Å²) in [6, 6.07) is 0. The van der Waals surface area contributed by atoms with Crippen LogP contribution in [-0.4, -0.2) is 24.9 Å². The van der Waals surface area contributed by atoms with Crippen LogP contribution < -0.4 is 4.72 Å². The predicted molar refractivity (Wildman–Crippen MR) is 55.2 cm³/mol. The molecule has 0 saturated carbocycles. The summed E-state index contributed by atoms with van der Waals surface area (Å²) >= 11 is 1.10. The van der Waals surface area contributed by atoms with E-state index in [9.17, 15) is 13.2 Å². The summed E-state index contributed by atoms with van der Waals surface area (Å²) in [6.07, 6.45) is 0. The van der Waals surface area contributed by atoms with Gasteiger partial charge in [0.25, 0.3) is 0 Å². The summed E-state index contributed by atoms with van der Waals surface area (Å²) in [7, 11) is -3.30. The maximum atomic E-state index is 11.1. The molecule has 0 aliphatic heterocycles. The van der Waals surface area contributed by atoms with Gasteiger partial charge in [-0.2, -0.15) is 0 Å². The monoisotopic (exact) mass is 234 g/mol. The Balaban J connectivity index is 2.84. The number of Topliss-reactive ketones (excluding diaryl/α,β-unsaturated/α-hetero) is 1. The van der Waals surface area contributed by atoms with Crippen molar-refractivity contribution in [3.63, 3.8) is 0 Å². The van der Waals surface area contributed by atoms with Gasteiger partial charge in [-0.1, -0.05) is 0 Å². The summed E-state index contributed by atoms with van der Waals surface area (Å²) in [5, 5.41) is 1.76. The number of carbonyl (C=O) groups excluding carboxylic acids is 1. The number of thiazole rings is 1. The van der Waals surface area contributed by atoms with Crippen molar-refractivity contribution in [2.75, 3.05) is 10.5 Å². The van der Waals surface area contributed by atoms with E-state index in [1.165, 1.54) is 19.2 Å². The standard InChI is InChI=1S/C7H10N2O3S2/c1-3-14(11,12)9-7-8-6(4-13-7)5(2)10/h4H,3H2,1-2H3,(H,8,9). The number of anilines is 1. The van der Waals surface area contributed by atoms with Gasteiger partial charge in [-0.05, 0) is 6.92 Å². The van der Waals surface area contributed by atoms with E-state index in [0.717, 1.165) is 11.3 Å². The van der Waals surface area contributed by atoms with Crippen LogP contribution in [-0.2, 0) is 10.0 Å². The molecule has 1 N–H and O–H groups in total. The number of nitrogens with one attached hydrogen (secondary N) is 1. The number of ketones is 1. The Morgan fingerprint density at radius 2 is 2.29 bits per heavy atom. The van der Waals surface area contributed by atoms with Gasteiger partial charge in [0.1, 0.15) is 5.69 Å². The van der Waals surface area contributed by atoms with Gasteiger partial charge in [0.15, 0.2) is 10.9 Å². The molecule has 0 spiro atoms. The number of rotatable bonds is 4. The van der Waals surface area contributed by atoms with Gasteiger partial charge in [0, 0.05) is 12.3 Å². The SMILES string of the molecule is CCS(=O)(=O)Nc1nc(C(C)=O)cs1. The Hall–Kier alpha value is -0.950. The molecule has 0 aliphatic rings. The predicted octanol–water partition coefficient (Wildman–Crippen LogP) is 1.11. The van der Waals surface area contributed by atoms with Crippen molar-refractivity contribution in [2.45, 2.75) is 13.8 Å². The first kappa shape index (κ1) is 11.1. The Morgan fingerprint density at radius 1 is 1.64 bits per heavy atom. The minimum Gasteiger partial charge on any atom is -0.293 e. The van der Waals surface area contributed by atoms with Crippen LogP contribution in [0.15, 0.2) is 5.38 Å². The van der Waals surface area contributed by atoms with Gasteiger partial charge < -0.3 is 0 Å². The number of nitrogens with zero attached hydrogens (tertiary/aromatic N) is 1. The zero-order chi connectivity index (χ0) is 10.8. The van der Waals surface area contributed by atoms with Gasteiger partial charge in [0.2, 0.25) is 10.0 Å². The van der Waals surface area contributed by atoms with Crippen LogP contribution in [0.3, 0.4) is 0 Å². The third kappa shape index (κ3) is 2.78. The van der Waals surface area contributed by atoms with E-state index in [0.29, 0.717) is 0 Å². The summed E-state index contributed by atoms with van der Waals surface area (Å²) in [4.78, 5) is 14.7. The smallest absolute Gasteiger partial charge is 0.234 e. The first-order valence-electron chi connectivity index (χ1n) is 3.91. The lowest BCUT2D eigenvalue weighted by atomic mass is 10.4. The van der Waals surface area contributed by atoms with Crippen LogP contribution in [0, 0.1) is 0 Å². The lowest BCUT2D eigenvalue weighted by molar-refractivity contribution is 0.101. The molecular weight excluding hydrogens is 224 g/mol. The highest BCUT2D eigenvalue weighted by atomic mass is 32.2. The molecule has 1 heterocycles. The average Bonchev–Trinajstić information content (AvgIpc) is 2.52. The highest BCUT2D eigenvalue weighted by Gasteiger charge is 2.11. The lowest BCUT2D eigenvalue weighted by Gasteiger charge is -1.99. The molecule has 0 atom stereocenters. The third-order valence-corrected chi connectivity index (χ3v) is 3.64. The molecule has 0 unspecified atom stereocenters. The Kier molecular flexibility index (Phi) is 3.22. The van der Waals surface area contributed by atoms with Crippen molar-refractivity contribution >= 4 is 32.3 Å². The van der Waals surface area contributed by atoms with E-state index in [-0.39, 0.29) is 22.4 Å². The van der Waals surface area contributed by atoms with Crippen LogP contribution >= 0.6 is 11.3 Å². The second kappa shape index (κ2) is 4.05. The molecule has 0 aromatic carbocycles. The number of aromatic nitrogens is 1. The Bertz CT molecular complexity index is 436. The molecule has 7 heteroatoms. The second-order valence-corrected chi connectivity index (χ2v) is 5.47. The van der Waals surface area contributed by atoms with Gasteiger partial charge in [0.05, 0.1) is 5.75 Å². The Labute approximate surface area is 86.2 Å². The first-order chi connectivity index (χ1) is 6.44. The summed E-state index contributed by atoms with van der Waals surface area (Å²) in [5.41, 5.74) is 0.281. The van der Waals surface area contributed by atoms with Crippen molar-refractivity contribution < 1.29 is 13.2 Å². The van der Waals surface area contributed by atoms with E-state index in [1.807, 2.05) is 0 Å². The largest absolute Gasteiger partial charge is 0.293 e. The molecule has 14 heavy (non-hydrogen) atoms. The van der Waals surface area contributed by atoms with E-state index in [1.54, 1.807) is 0 Å². The summed E-state index contributed by atoms with van der Waals surface area (Å²) in [6.45, 7) is 2.91. The van der Waals surface area contributed by atoms with Crippen LogP contribution in [0.5, 0.6) is 0 Å². The highest BCUT2D eigenvalue weighted by Crippen LogP contribution is 2.16. The number of hydrogen-bond donors (Lipinski definition) is 1. The number of carbonyl (C=O) groups is 1. The molecule has 0 fully saturated rings. The van der Waals surface area contributed by atoms with Crippen LogP contribution in [0.2, 0.25) is 0 Å². The minimum atomic E-state index is -3.30. The van der Waals surface area contributed by atoms with Crippen LogP contribution in [0.25, 0.3) is 0 Å². The van der Waals surface area contributed by atoms with E-state index < -0.39 is 10.0 Å². The zero-order valence-corrected chi connectivity index (χ0v) is 9.41. The molecule has 1 aromatic heterocycles. The quantitative estimate of drug-likeness (QED) is 0.792. The Morgan fingerprint density at radius 3 is 2.71 bits per heavy atom. The molecule has 1 rings (SSSR count). The maximum Gasteiger partial charge on any atom is 0.234 e. The zero-order valence-electron chi connectivity index (χ0n) is 7.77. The minimum absolute atomic E-state index is 0.0119. The van der Waals surface area contributed by atoms with Crippen LogP contribution in [0.1, 0.15) is 24.3 Å². The molecule has 1 aromatic rings. The topological polar surface area (TPSA) is 76.1 Å². The fourth-order valence-electron chi connectivity index (χ4n) is 0.688. The van der Waals surface area contributed by atoms with Crippen molar-refractivity contribution in [1.29, 1.82) is 0 Å². The number of sulfonamides is 1. The van der Waals surface area contributed by atoms with Crippen molar-refractivity contribution in [1.82, 2.24) is 4.98 Å². The maximum absolute atomic E-state index is 11.1. The highest BCUT2D eigenvalue weighted by molar-refractivity contribution is 7.92. The van der Waals surface area contributed by atoms with Gasteiger partial charge >= 0.3 is 0 Å².